The van der Waals surface area contributed by atoms with Gasteiger partial charge in [-0.15, -0.1) is 0 Å². The van der Waals surface area contributed by atoms with Crippen molar-refractivity contribution in [1.82, 2.24) is 0 Å². The fourth-order valence-electron chi connectivity index (χ4n) is 0.902. The Kier molecular flexibility index (Phi) is 4.51. The predicted octanol–water partition coefficient (Wildman–Crippen LogP) is 3.33. The van der Waals surface area contributed by atoms with Crippen molar-refractivity contribution >= 4 is 5.71 Å². The van der Waals surface area contributed by atoms with E-state index in [-0.39, 0.29) is 0 Å². The molecule has 0 saturated carbocycles. The topological polar surface area (TPSA) is 23.9 Å². The Morgan fingerprint density at radius 2 is 1.82 bits per heavy atom. The molecule has 62 valence electrons. The van der Waals surface area contributed by atoms with Crippen LogP contribution in [0.4, 0.5) is 0 Å². The fourth-order valence-corrected chi connectivity index (χ4v) is 0.902. The minimum atomic E-state index is 0.648. The summed E-state index contributed by atoms with van der Waals surface area (Å²) >= 11 is 0. The van der Waals surface area contributed by atoms with Crippen LogP contribution in [0.15, 0.2) is 23.3 Å². The van der Waals surface area contributed by atoms with Crippen LogP contribution in [0.2, 0.25) is 0 Å². The second-order valence-electron chi connectivity index (χ2n) is 2.85. The quantitative estimate of drug-likeness (QED) is 0.472. The number of nitrogens with one attached hydrogen (secondary N) is 1. The van der Waals surface area contributed by atoms with Crippen molar-refractivity contribution in [2.75, 3.05) is 0 Å². The molecule has 0 aromatic carbocycles. The average molecular weight is 151 g/mol. The molecular weight excluding hydrogens is 134 g/mol. The average Bonchev–Trinajstić information content (AvgIpc) is 1.87. The molecule has 0 amide bonds. The lowest BCUT2D eigenvalue weighted by Crippen LogP contribution is -1.93. The normalized spacial score (nSPS) is 10.2. The van der Waals surface area contributed by atoms with Gasteiger partial charge in [0.1, 0.15) is 0 Å². The molecule has 0 aliphatic rings. The van der Waals surface area contributed by atoms with Gasteiger partial charge >= 0.3 is 0 Å². The molecule has 0 aliphatic heterocycles. The van der Waals surface area contributed by atoms with Crippen molar-refractivity contribution in [2.45, 2.75) is 34.1 Å². The van der Waals surface area contributed by atoms with E-state index in [0.29, 0.717) is 5.71 Å². The lowest BCUT2D eigenvalue weighted by Gasteiger charge is -2.00. The van der Waals surface area contributed by atoms with Crippen LogP contribution in [0.25, 0.3) is 0 Å². The van der Waals surface area contributed by atoms with Crippen LogP contribution >= 0.6 is 0 Å². The monoisotopic (exact) mass is 151 g/mol. The van der Waals surface area contributed by atoms with E-state index in [0.717, 1.165) is 12.0 Å². The summed E-state index contributed by atoms with van der Waals surface area (Å²) in [5.41, 5.74) is 2.92. The zero-order valence-corrected chi connectivity index (χ0v) is 7.86. The van der Waals surface area contributed by atoms with E-state index in [1.165, 1.54) is 5.57 Å². The van der Waals surface area contributed by atoms with Crippen LogP contribution in [-0.2, 0) is 0 Å². The van der Waals surface area contributed by atoms with Crippen molar-refractivity contribution in [3.8, 4) is 0 Å². The van der Waals surface area contributed by atoms with Crippen LogP contribution in [0, 0.1) is 5.41 Å². The van der Waals surface area contributed by atoms with Crippen molar-refractivity contribution in [2.24, 2.45) is 0 Å². The summed E-state index contributed by atoms with van der Waals surface area (Å²) in [5, 5.41) is 7.45. The first-order valence-electron chi connectivity index (χ1n) is 3.99. The lowest BCUT2D eigenvalue weighted by molar-refractivity contribution is 1.21. The molecule has 0 aromatic heterocycles. The van der Waals surface area contributed by atoms with Gasteiger partial charge in [-0.25, -0.2) is 0 Å². The molecule has 1 nitrogen and oxygen atoms in total. The van der Waals surface area contributed by atoms with Gasteiger partial charge in [-0.2, -0.15) is 0 Å². The molecule has 0 radical (unpaired) electrons. The van der Waals surface area contributed by atoms with E-state index in [2.05, 4.69) is 13.0 Å². The highest BCUT2D eigenvalue weighted by atomic mass is 14.4. The highest BCUT2D eigenvalue weighted by Crippen LogP contribution is 2.06. The van der Waals surface area contributed by atoms with Gasteiger partial charge in [0.05, 0.1) is 0 Å². The molecule has 11 heavy (non-hydrogen) atoms. The summed E-state index contributed by atoms with van der Waals surface area (Å²) in [5.74, 6) is 0. The van der Waals surface area contributed by atoms with Crippen LogP contribution < -0.4 is 0 Å². The maximum Gasteiger partial charge on any atom is 0.0354 e. The van der Waals surface area contributed by atoms with E-state index in [1.807, 2.05) is 26.8 Å². The molecule has 0 heterocycles. The van der Waals surface area contributed by atoms with Gasteiger partial charge in [0.2, 0.25) is 0 Å². The van der Waals surface area contributed by atoms with E-state index < -0.39 is 0 Å². The molecule has 0 rings (SSSR count). The van der Waals surface area contributed by atoms with Crippen molar-refractivity contribution in [1.29, 1.82) is 5.41 Å². The maximum atomic E-state index is 7.45. The lowest BCUT2D eigenvalue weighted by atomic mass is 10.1. The first kappa shape index (κ1) is 10.2. The standard InChI is InChI=1S/C10H17N/c1-5-6-7-10(8(2)3)9(4)11/h6-7,11H,5H2,1-4H3/b7-6-,11-9?. The third-order valence-corrected chi connectivity index (χ3v) is 1.46. The Bertz CT molecular complexity index is 193. The summed E-state index contributed by atoms with van der Waals surface area (Å²) < 4.78 is 0. The third kappa shape index (κ3) is 3.76. The Morgan fingerprint density at radius 1 is 1.27 bits per heavy atom. The van der Waals surface area contributed by atoms with E-state index in [1.54, 1.807) is 0 Å². The summed E-state index contributed by atoms with van der Waals surface area (Å²) in [6, 6.07) is 0. The van der Waals surface area contributed by atoms with Crippen molar-refractivity contribution in [3.63, 3.8) is 0 Å². The van der Waals surface area contributed by atoms with Crippen LogP contribution in [-0.4, -0.2) is 5.71 Å². The number of hydrogen-bond acceptors (Lipinski definition) is 1. The molecule has 0 bridgehead atoms. The number of allylic oxidation sites excluding steroid dienone is 4. The number of hydrogen-bond donors (Lipinski definition) is 1. The maximum absolute atomic E-state index is 7.45. The Balaban J connectivity index is 4.51. The molecular formula is C10H17N. The summed E-state index contributed by atoms with van der Waals surface area (Å²) in [7, 11) is 0. The molecule has 0 fully saturated rings. The van der Waals surface area contributed by atoms with Crippen molar-refractivity contribution < 1.29 is 0 Å². The van der Waals surface area contributed by atoms with E-state index in [4.69, 9.17) is 5.41 Å². The fraction of sp³-hybridized carbons (Fsp3) is 0.500. The zero-order chi connectivity index (χ0) is 8.85. The van der Waals surface area contributed by atoms with Gasteiger partial charge in [0.25, 0.3) is 0 Å². The first-order chi connectivity index (χ1) is 5.09. The Labute approximate surface area is 69.3 Å². The highest BCUT2D eigenvalue weighted by Gasteiger charge is 1.95. The number of rotatable bonds is 3. The minimum Gasteiger partial charge on any atom is -0.305 e. The first-order valence-corrected chi connectivity index (χ1v) is 3.99. The third-order valence-electron chi connectivity index (χ3n) is 1.46. The minimum absolute atomic E-state index is 0.648. The van der Waals surface area contributed by atoms with Gasteiger partial charge < -0.3 is 5.41 Å². The summed E-state index contributed by atoms with van der Waals surface area (Å²) in [6.07, 6.45) is 5.14. The van der Waals surface area contributed by atoms with Crippen LogP contribution in [0.1, 0.15) is 34.1 Å². The molecule has 0 aromatic rings. The molecule has 0 unspecified atom stereocenters. The molecule has 0 atom stereocenters. The molecule has 0 saturated heterocycles. The predicted molar refractivity (Wildman–Crippen MR) is 51.2 cm³/mol. The van der Waals surface area contributed by atoms with E-state index >= 15 is 0 Å². The molecule has 0 aliphatic carbocycles. The van der Waals surface area contributed by atoms with Gasteiger partial charge in [-0.1, -0.05) is 24.6 Å². The summed E-state index contributed by atoms with van der Waals surface area (Å²) in [4.78, 5) is 0. The van der Waals surface area contributed by atoms with Gasteiger partial charge in [-0.05, 0) is 32.8 Å². The summed E-state index contributed by atoms with van der Waals surface area (Å²) in [6.45, 7) is 7.99. The molecule has 0 spiro atoms. The Morgan fingerprint density at radius 3 is 2.09 bits per heavy atom. The van der Waals surface area contributed by atoms with Crippen LogP contribution in [0.5, 0.6) is 0 Å². The second kappa shape index (κ2) is 4.89. The van der Waals surface area contributed by atoms with E-state index in [9.17, 15) is 0 Å². The second-order valence-corrected chi connectivity index (χ2v) is 2.85. The molecule has 1 N–H and O–H groups in total. The molecule has 1 heteroatoms. The zero-order valence-electron chi connectivity index (χ0n) is 7.86. The SMILES string of the molecule is CC/C=C\C(C(C)=N)=C(C)C. The van der Waals surface area contributed by atoms with Gasteiger partial charge in [0, 0.05) is 5.71 Å². The van der Waals surface area contributed by atoms with Gasteiger partial charge in [0.15, 0.2) is 0 Å². The highest BCUT2D eigenvalue weighted by molar-refractivity contribution is 5.98. The van der Waals surface area contributed by atoms with Gasteiger partial charge in [-0.3, -0.25) is 0 Å². The van der Waals surface area contributed by atoms with Crippen LogP contribution in [0.3, 0.4) is 0 Å². The largest absolute Gasteiger partial charge is 0.305 e. The Hall–Kier alpha value is -0.850. The van der Waals surface area contributed by atoms with Crippen molar-refractivity contribution in [3.05, 3.63) is 23.3 Å². The smallest absolute Gasteiger partial charge is 0.0354 e.